The Hall–Kier alpha value is -0.720. The van der Waals surface area contributed by atoms with Crippen LogP contribution < -0.4 is 10.6 Å². The van der Waals surface area contributed by atoms with Crippen molar-refractivity contribution in [3.8, 4) is 0 Å². The zero-order valence-corrected chi connectivity index (χ0v) is 12.2. The van der Waals surface area contributed by atoms with Crippen molar-refractivity contribution in [3.63, 3.8) is 0 Å². The van der Waals surface area contributed by atoms with Gasteiger partial charge in [0, 0.05) is 34.1 Å². The van der Waals surface area contributed by atoms with E-state index in [1.807, 2.05) is 18.2 Å². The van der Waals surface area contributed by atoms with Crippen LogP contribution in [0.25, 0.3) is 0 Å². The fourth-order valence-corrected chi connectivity index (χ4v) is 3.31. The number of benzene rings is 1. The summed E-state index contributed by atoms with van der Waals surface area (Å²) in [5, 5.41) is 5.88. The minimum atomic E-state index is -1.08. The molecule has 0 bridgehead atoms. The van der Waals surface area contributed by atoms with Gasteiger partial charge >= 0.3 is 0 Å². The van der Waals surface area contributed by atoms with Crippen molar-refractivity contribution < 1.29 is 9.00 Å². The van der Waals surface area contributed by atoms with Gasteiger partial charge in [-0.05, 0) is 34.0 Å². The Morgan fingerprint density at radius 1 is 1.44 bits per heavy atom. The molecule has 98 valence electrons. The van der Waals surface area contributed by atoms with Crippen LogP contribution in [0, 0.1) is 5.92 Å². The first-order valence-corrected chi connectivity index (χ1v) is 8.03. The topological polar surface area (TPSA) is 58.2 Å². The molecule has 1 aliphatic rings. The average Bonchev–Trinajstić information content (AvgIpc) is 2.27. The van der Waals surface area contributed by atoms with Crippen molar-refractivity contribution in [1.29, 1.82) is 0 Å². The molecule has 0 spiro atoms. The number of nitrogens with one attached hydrogen (secondary N) is 2. The van der Waals surface area contributed by atoms with Gasteiger partial charge in [0.15, 0.2) is 0 Å². The molecule has 0 saturated carbocycles. The van der Waals surface area contributed by atoms with Crippen LogP contribution in [0.3, 0.4) is 0 Å². The molecule has 6 heteroatoms. The maximum atomic E-state index is 11.7. The van der Waals surface area contributed by atoms with Gasteiger partial charge in [-0.1, -0.05) is 12.1 Å². The van der Waals surface area contributed by atoms with E-state index in [1.165, 1.54) is 0 Å². The molecule has 18 heavy (non-hydrogen) atoms. The summed E-state index contributed by atoms with van der Waals surface area (Å²) in [6.07, 6.45) is 0. The molecule has 1 aromatic rings. The Morgan fingerprint density at radius 3 is 2.78 bits per heavy atom. The Balaban J connectivity index is 1.81. The Morgan fingerprint density at radius 2 is 2.17 bits per heavy atom. The zero-order chi connectivity index (χ0) is 13.0. The van der Waals surface area contributed by atoms with Crippen molar-refractivity contribution >= 4 is 38.3 Å². The van der Waals surface area contributed by atoms with Gasteiger partial charge in [-0.3, -0.25) is 9.00 Å². The first-order chi connectivity index (χ1) is 8.65. The minimum Gasteiger partial charge on any atom is -0.324 e. The predicted octanol–water partition coefficient (Wildman–Crippen LogP) is 1.36. The molecule has 1 unspecified atom stereocenters. The fourth-order valence-electron chi connectivity index (χ4n) is 1.68. The summed E-state index contributed by atoms with van der Waals surface area (Å²) >= 11 is 3.35. The lowest BCUT2D eigenvalue weighted by Crippen LogP contribution is -2.45. The first kappa shape index (κ1) is 13.7. The number of hydrogen-bond acceptors (Lipinski definition) is 3. The normalized spacial score (nSPS) is 16.9. The van der Waals surface area contributed by atoms with Crippen molar-refractivity contribution in [2.45, 2.75) is 0 Å². The van der Waals surface area contributed by atoms with Gasteiger partial charge in [0.1, 0.15) is 5.75 Å². The van der Waals surface area contributed by atoms with Gasteiger partial charge < -0.3 is 10.6 Å². The molecule has 0 aliphatic carbocycles. The Kier molecular flexibility index (Phi) is 4.91. The van der Waals surface area contributed by atoms with E-state index in [4.69, 9.17) is 0 Å². The quantitative estimate of drug-likeness (QED) is 0.856. The third kappa shape index (κ3) is 3.90. The number of hydrogen-bond donors (Lipinski definition) is 2. The standard InChI is InChI=1S/C12H15BrN2O2S/c13-10-3-1-2-4-11(10)15-12(16)8-18(17)7-9-5-14-6-9/h1-4,9,14H,5-8H2,(H,15,16). The number of amides is 1. The fraction of sp³-hybridized carbons (Fsp3) is 0.417. The maximum absolute atomic E-state index is 11.7. The van der Waals surface area contributed by atoms with Crippen LogP contribution in [0.2, 0.25) is 0 Å². The second-order valence-corrected chi connectivity index (χ2v) is 6.66. The molecule has 1 heterocycles. The molecule has 1 amide bonds. The molecular formula is C12H15BrN2O2S. The zero-order valence-electron chi connectivity index (χ0n) is 9.82. The highest BCUT2D eigenvalue weighted by atomic mass is 79.9. The highest BCUT2D eigenvalue weighted by Gasteiger charge is 2.20. The molecule has 4 nitrogen and oxygen atoms in total. The van der Waals surface area contributed by atoms with E-state index in [2.05, 4.69) is 26.6 Å². The summed E-state index contributed by atoms with van der Waals surface area (Å²) in [7, 11) is -1.08. The van der Waals surface area contributed by atoms with Crippen molar-refractivity contribution in [2.24, 2.45) is 5.92 Å². The second kappa shape index (κ2) is 6.45. The van der Waals surface area contributed by atoms with Gasteiger partial charge in [0.05, 0.1) is 5.69 Å². The highest BCUT2D eigenvalue weighted by molar-refractivity contribution is 9.10. The molecule has 1 aliphatic heterocycles. The Labute approximate surface area is 117 Å². The van der Waals surface area contributed by atoms with Crippen LogP contribution in [0.15, 0.2) is 28.7 Å². The summed E-state index contributed by atoms with van der Waals surface area (Å²) in [5.41, 5.74) is 0.713. The minimum absolute atomic E-state index is 0.0673. The van der Waals surface area contributed by atoms with Gasteiger partial charge in [-0.15, -0.1) is 0 Å². The summed E-state index contributed by atoms with van der Waals surface area (Å²) in [6.45, 7) is 1.83. The van der Waals surface area contributed by atoms with Gasteiger partial charge in [-0.25, -0.2) is 0 Å². The lowest BCUT2D eigenvalue weighted by Gasteiger charge is -2.26. The van der Waals surface area contributed by atoms with Crippen LogP contribution in [0.4, 0.5) is 5.69 Å². The van der Waals surface area contributed by atoms with Crippen LogP contribution >= 0.6 is 15.9 Å². The summed E-state index contributed by atoms with van der Waals surface area (Å²) < 4.78 is 12.6. The van der Waals surface area contributed by atoms with Crippen LogP contribution in [0.5, 0.6) is 0 Å². The number of anilines is 1. The largest absolute Gasteiger partial charge is 0.324 e. The van der Waals surface area contributed by atoms with E-state index in [9.17, 15) is 9.00 Å². The number of halogens is 1. The average molecular weight is 331 g/mol. The SMILES string of the molecule is O=C(CS(=O)CC1CNC1)Nc1ccccc1Br. The summed E-state index contributed by atoms with van der Waals surface area (Å²) in [6, 6.07) is 7.38. The maximum Gasteiger partial charge on any atom is 0.237 e. The van der Waals surface area contributed by atoms with E-state index in [-0.39, 0.29) is 11.7 Å². The van der Waals surface area contributed by atoms with Crippen LogP contribution in [0.1, 0.15) is 0 Å². The van der Waals surface area contributed by atoms with E-state index < -0.39 is 10.8 Å². The smallest absolute Gasteiger partial charge is 0.237 e. The lowest BCUT2D eigenvalue weighted by atomic mass is 10.1. The highest BCUT2D eigenvalue weighted by Crippen LogP contribution is 2.21. The van der Waals surface area contributed by atoms with Crippen LogP contribution in [-0.2, 0) is 15.6 Å². The first-order valence-electron chi connectivity index (χ1n) is 5.75. The van der Waals surface area contributed by atoms with E-state index in [0.717, 1.165) is 17.6 Å². The number of carbonyl (C=O) groups is 1. The van der Waals surface area contributed by atoms with Crippen molar-refractivity contribution in [2.75, 3.05) is 29.9 Å². The van der Waals surface area contributed by atoms with Gasteiger partial charge in [0.2, 0.25) is 5.91 Å². The Bertz CT molecular complexity index is 463. The molecule has 0 radical (unpaired) electrons. The van der Waals surface area contributed by atoms with Gasteiger partial charge in [-0.2, -0.15) is 0 Å². The summed E-state index contributed by atoms with van der Waals surface area (Å²) in [4.78, 5) is 11.7. The predicted molar refractivity (Wildman–Crippen MR) is 77.0 cm³/mol. The molecule has 2 N–H and O–H groups in total. The van der Waals surface area contributed by atoms with E-state index in [1.54, 1.807) is 6.07 Å². The molecule has 1 saturated heterocycles. The molecule has 0 aromatic heterocycles. The molecule has 2 rings (SSSR count). The number of carbonyl (C=O) groups excluding carboxylic acids is 1. The van der Waals surface area contributed by atoms with Crippen molar-refractivity contribution in [3.05, 3.63) is 28.7 Å². The van der Waals surface area contributed by atoms with Crippen LogP contribution in [-0.4, -0.2) is 34.7 Å². The van der Waals surface area contributed by atoms with E-state index in [0.29, 0.717) is 17.4 Å². The lowest BCUT2D eigenvalue weighted by molar-refractivity contribution is -0.113. The van der Waals surface area contributed by atoms with Crippen molar-refractivity contribution in [1.82, 2.24) is 5.32 Å². The van der Waals surface area contributed by atoms with Gasteiger partial charge in [0.25, 0.3) is 0 Å². The number of para-hydroxylation sites is 1. The third-order valence-electron chi connectivity index (χ3n) is 2.73. The second-order valence-electron chi connectivity index (χ2n) is 4.30. The number of rotatable bonds is 5. The molecule has 1 atom stereocenters. The molecule has 1 aromatic carbocycles. The molecular weight excluding hydrogens is 316 g/mol. The summed E-state index contributed by atoms with van der Waals surface area (Å²) in [5.74, 6) is 0.934. The monoisotopic (exact) mass is 330 g/mol. The molecule has 1 fully saturated rings. The third-order valence-corrected chi connectivity index (χ3v) is 4.85. The van der Waals surface area contributed by atoms with E-state index >= 15 is 0 Å².